The second-order valence-corrected chi connectivity index (χ2v) is 11.4. The minimum atomic E-state index is -0.260. The van der Waals surface area contributed by atoms with Crippen molar-refractivity contribution in [3.05, 3.63) is 89.0 Å². The molecule has 1 aliphatic carbocycles. The summed E-state index contributed by atoms with van der Waals surface area (Å²) in [5.74, 6) is 0.217. The lowest BCUT2D eigenvalue weighted by Crippen LogP contribution is -2.49. The van der Waals surface area contributed by atoms with Crippen LogP contribution in [-0.4, -0.2) is 51.9 Å². The lowest BCUT2D eigenvalue weighted by Gasteiger charge is -2.36. The van der Waals surface area contributed by atoms with Crippen LogP contribution in [0.3, 0.4) is 0 Å². The SMILES string of the molecule is CC(C)CN(CC(=O)N(Cc1cccn1Cc1ccc(F)cc1)C1CCCCC1)C(=O)COc1ccc(Cl)cc1. The second-order valence-electron chi connectivity index (χ2n) is 11.0. The molecule has 1 saturated carbocycles. The molecule has 1 fully saturated rings. The van der Waals surface area contributed by atoms with Gasteiger partial charge in [-0.1, -0.05) is 56.8 Å². The number of carbonyl (C=O) groups is 2. The molecular weight excluding hydrogens is 529 g/mol. The van der Waals surface area contributed by atoms with E-state index >= 15 is 0 Å². The Morgan fingerprint density at radius 2 is 1.70 bits per heavy atom. The van der Waals surface area contributed by atoms with E-state index in [0.717, 1.165) is 36.9 Å². The van der Waals surface area contributed by atoms with E-state index in [-0.39, 0.29) is 42.7 Å². The van der Waals surface area contributed by atoms with Gasteiger partial charge in [-0.2, -0.15) is 0 Å². The number of amides is 2. The largest absolute Gasteiger partial charge is 0.484 e. The second kappa shape index (κ2) is 14.4. The van der Waals surface area contributed by atoms with E-state index < -0.39 is 0 Å². The zero-order valence-corrected chi connectivity index (χ0v) is 24.2. The van der Waals surface area contributed by atoms with E-state index in [4.69, 9.17) is 16.3 Å². The summed E-state index contributed by atoms with van der Waals surface area (Å²) in [6.07, 6.45) is 7.28. The van der Waals surface area contributed by atoms with Crippen molar-refractivity contribution in [2.75, 3.05) is 19.7 Å². The monoisotopic (exact) mass is 567 g/mol. The molecule has 0 saturated heterocycles. The van der Waals surface area contributed by atoms with Crippen molar-refractivity contribution in [2.24, 2.45) is 5.92 Å². The maximum atomic E-state index is 13.9. The number of carbonyl (C=O) groups excluding carboxylic acids is 2. The van der Waals surface area contributed by atoms with Gasteiger partial charge >= 0.3 is 0 Å². The zero-order valence-electron chi connectivity index (χ0n) is 23.4. The summed E-state index contributed by atoms with van der Waals surface area (Å²) in [6.45, 7) is 5.45. The van der Waals surface area contributed by atoms with Gasteiger partial charge < -0.3 is 19.1 Å². The average Bonchev–Trinajstić information content (AvgIpc) is 3.38. The highest BCUT2D eigenvalue weighted by Gasteiger charge is 2.29. The molecule has 40 heavy (non-hydrogen) atoms. The first-order chi connectivity index (χ1) is 19.3. The third kappa shape index (κ3) is 8.59. The molecule has 4 rings (SSSR count). The Bertz CT molecular complexity index is 1240. The van der Waals surface area contributed by atoms with Gasteiger partial charge in [-0.3, -0.25) is 9.59 Å². The fourth-order valence-electron chi connectivity index (χ4n) is 5.24. The maximum Gasteiger partial charge on any atom is 0.260 e. The van der Waals surface area contributed by atoms with E-state index in [1.165, 1.54) is 18.6 Å². The fraction of sp³-hybridized carbons (Fsp3) is 0.438. The van der Waals surface area contributed by atoms with Crippen LogP contribution in [0.4, 0.5) is 4.39 Å². The zero-order chi connectivity index (χ0) is 28.5. The molecule has 3 aromatic rings. The maximum absolute atomic E-state index is 13.9. The summed E-state index contributed by atoms with van der Waals surface area (Å²) < 4.78 is 21.2. The molecule has 214 valence electrons. The number of hydrogen-bond donors (Lipinski definition) is 0. The van der Waals surface area contributed by atoms with Crippen LogP contribution < -0.4 is 4.74 Å². The molecule has 0 spiro atoms. The highest BCUT2D eigenvalue weighted by molar-refractivity contribution is 6.30. The minimum Gasteiger partial charge on any atom is -0.484 e. The predicted octanol–water partition coefficient (Wildman–Crippen LogP) is 6.55. The molecule has 1 heterocycles. The van der Waals surface area contributed by atoms with Crippen molar-refractivity contribution in [3.8, 4) is 5.75 Å². The van der Waals surface area contributed by atoms with Crippen LogP contribution in [0.2, 0.25) is 5.02 Å². The summed E-state index contributed by atoms with van der Waals surface area (Å²) in [5, 5.41) is 0.595. The van der Waals surface area contributed by atoms with Gasteiger partial charge in [-0.05, 0) is 72.9 Å². The van der Waals surface area contributed by atoms with E-state index in [2.05, 4.69) is 4.57 Å². The Balaban J connectivity index is 1.48. The fourth-order valence-corrected chi connectivity index (χ4v) is 5.36. The molecule has 0 bridgehead atoms. The van der Waals surface area contributed by atoms with Gasteiger partial charge in [0.05, 0.1) is 13.1 Å². The van der Waals surface area contributed by atoms with Gasteiger partial charge in [0.25, 0.3) is 5.91 Å². The Morgan fingerprint density at radius 3 is 2.38 bits per heavy atom. The van der Waals surface area contributed by atoms with Gasteiger partial charge in [0, 0.05) is 36.0 Å². The van der Waals surface area contributed by atoms with Gasteiger partial charge in [0.1, 0.15) is 11.6 Å². The van der Waals surface area contributed by atoms with Crippen LogP contribution in [0.25, 0.3) is 0 Å². The first-order valence-electron chi connectivity index (χ1n) is 14.1. The normalized spacial score (nSPS) is 13.8. The van der Waals surface area contributed by atoms with E-state index in [1.807, 2.05) is 37.1 Å². The summed E-state index contributed by atoms with van der Waals surface area (Å²) in [6, 6.07) is 17.5. The van der Waals surface area contributed by atoms with Crippen LogP contribution >= 0.6 is 11.6 Å². The van der Waals surface area contributed by atoms with Crippen molar-refractivity contribution >= 4 is 23.4 Å². The van der Waals surface area contributed by atoms with Crippen molar-refractivity contribution in [1.82, 2.24) is 14.4 Å². The van der Waals surface area contributed by atoms with Crippen LogP contribution in [0, 0.1) is 11.7 Å². The first-order valence-corrected chi connectivity index (χ1v) is 14.5. The third-order valence-corrected chi connectivity index (χ3v) is 7.55. The van der Waals surface area contributed by atoms with Crippen LogP contribution in [0.5, 0.6) is 5.75 Å². The van der Waals surface area contributed by atoms with Gasteiger partial charge in [0.2, 0.25) is 5.91 Å². The number of hydrogen-bond acceptors (Lipinski definition) is 3. The van der Waals surface area contributed by atoms with Crippen LogP contribution in [-0.2, 0) is 22.7 Å². The third-order valence-electron chi connectivity index (χ3n) is 7.30. The number of rotatable bonds is 12. The molecule has 2 amide bonds. The summed E-state index contributed by atoms with van der Waals surface area (Å²) in [4.78, 5) is 30.7. The Hall–Kier alpha value is -3.32. The highest BCUT2D eigenvalue weighted by Crippen LogP contribution is 2.25. The molecule has 1 aromatic heterocycles. The van der Waals surface area contributed by atoms with Crippen molar-refractivity contribution < 1.29 is 18.7 Å². The van der Waals surface area contributed by atoms with E-state index in [0.29, 0.717) is 30.4 Å². The predicted molar refractivity (Wildman–Crippen MR) is 156 cm³/mol. The van der Waals surface area contributed by atoms with Crippen LogP contribution in [0.1, 0.15) is 57.2 Å². The number of nitrogens with zero attached hydrogens (tertiary/aromatic N) is 3. The Morgan fingerprint density at radius 1 is 1.00 bits per heavy atom. The Kier molecular flexibility index (Phi) is 10.6. The van der Waals surface area contributed by atoms with Crippen LogP contribution in [0.15, 0.2) is 66.9 Å². The highest BCUT2D eigenvalue weighted by atomic mass is 35.5. The molecule has 2 aromatic carbocycles. The van der Waals surface area contributed by atoms with Gasteiger partial charge in [-0.15, -0.1) is 0 Å². The molecule has 0 unspecified atom stereocenters. The Labute approximate surface area is 241 Å². The van der Waals surface area contributed by atoms with Gasteiger partial charge in [-0.25, -0.2) is 4.39 Å². The minimum absolute atomic E-state index is 0.0101. The topological polar surface area (TPSA) is 54.8 Å². The quantitative estimate of drug-likeness (QED) is 0.249. The summed E-state index contributed by atoms with van der Waals surface area (Å²) >= 11 is 5.95. The number of halogens is 2. The lowest BCUT2D eigenvalue weighted by molar-refractivity contribution is -0.144. The number of aromatic nitrogens is 1. The smallest absolute Gasteiger partial charge is 0.260 e. The van der Waals surface area contributed by atoms with Crippen molar-refractivity contribution in [2.45, 2.75) is 65.1 Å². The molecule has 0 atom stereocenters. The molecule has 1 aliphatic rings. The average molecular weight is 568 g/mol. The summed E-state index contributed by atoms with van der Waals surface area (Å²) in [7, 11) is 0. The number of ether oxygens (including phenoxy) is 1. The standard InChI is InChI=1S/C32H39ClFN3O3/c1-24(2)19-36(32(39)23-40-30-16-12-26(33)13-17-30)22-31(38)37(28-7-4-3-5-8-28)21-29-9-6-18-35(29)20-25-10-14-27(34)15-11-25/h6,9-18,24,28H,3-5,7-8,19-23H2,1-2H3. The molecule has 0 N–H and O–H groups in total. The van der Waals surface area contributed by atoms with Crippen molar-refractivity contribution in [3.63, 3.8) is 0 Å². The van der Waals surface area contributed by atoms with E-state index in [9.17, 15) is 14.0 Å². The molecule has 0 radical (unpaired) electrons. The molecule has 8 heteroatoms. The summed E-state index contributed by atoms with van der Waals surface area (Å²) in [5.41, 5.74) is 2.00. The lowest BCUT2D eigenvalue weighted by atomic mass is 9.94. The number of benzene rings is 2. The first kappa shape index (κ1) is 29.7. The van der Waals surface area contributed by atoms with Crippen molar-refractivity contribution in [1.29, 1.82) is 0 Å². The van der Waals surface area contributed by atoms with E-state index in [1.54, 1.807) is 41.3 Å². The molecule has 6 nitrogen and oxygen atoms in total. The molecular formula is C32H39ClFN3O3. The molecule has 0 aliphatic heterocycles. The van der Waals surface area contributed by atoms with Gasteiger partial charge in [0.15, 0.2) is 6.61 Å².